The van der Waals surface area contributed by atoms with Gasteiger partial charge < -0.3 is 20.1 Å². The molecule has 0 aliphatic rings. The van der Waals surface area contributed by atoms with E-state index in [1.165, 1.54) is 0 Å². The summed E-state index contributed by atoms with van der Waals surface area (Å²) in [5.74, 6) is 0. The Morgan fingerprint density at radius 2 is 2.40 bits per heavy atom. The van der Waals surface area contributed by atoms with Crippen LogP contribution in [0, 0.1) is 0 Å². The zero-order valence-electron chi connectivity index (χ0n) is 9.26. The van der Waals surface area contributed by atoms with Crippen LogP contribution in [0.15, 0.2) is 12.5 Å². The zero-order valence-corrected chi connectivity index (χ0v) is 9.26. The lowest BCUT2D eigenvalue weighted by molar-refractivity contribution is 0.117. The van der Waals surface area contributed by atoms with Crippen LogP contribution in [0.4, 0.5) is 0 Å². The second-order valence-electron chi connectivity index (χ2n) is 3.52. The summed E-state index contributed by atoms with van der Waals surface area (Å²) < 4.78 is 7.28. The number of aliphatic hydroxyl groups is 1. The molecule has 5 heteroatoms. The first-order valence-corrected chi connectivity index (χ1v) is 5.16. The summed E-state index contributed by atoms with van der Waals surface area (Å²) in [5.41, 5.74) is 6.59. The Hall–Kier alpha value is -0.910. The first kappa shape index (κ1) is 12.2. The third-order valence-electron chi connectivity index (χ3n) is 2.31. The van der Waals surface area contributed by atoms with Gasteiger partial charge in [0, 0.05) is 12.8 Å². The van der Waals surface area contributed by atoms with Crippen molar-refractivity contribution in [3.63, 3.8) is 0 Å². The summed E-state index contributed by atoms with van der Waals surface area (Å²) in [5, 5.41) is 8.99. The average Bonchev–Trinajstić information content (AvgIpc) is 2.73. The lowest BCUT2D eigenvalue weighted by atomic mass is 10.2. The van der Waals surface area contributed by atoms with Gasteiger partial charge in [0.2, 0.25) is 0 Å². The number of hydrogen-bond acceptors (Lipinski definition) is 4. The smallest absolute Gasteiger partial charge is 0.0952 e. The molecule has 5 nitrogen and oxygen atoms in total. The summed E-state index contributed by atoms with van der Waals surface area (Å²) in [6.07, 6.45) is 3.40. The Labute approximate surface area is 89.9 Å². The summed E-state index contributed by atoms with van der Waals surface area (Å²) in [6.45, 7) is 5.23. The Kier molecular flexibility index (Phi) is 4.74. The molecule has 1 rings (SSSR count). The number of ether oxygens (including phenoxy) is 1. The Balaban J connectivity index is 2.71. The zero-order chi connectivity index (χ0) is 11.3. The molecule has 0 aliphatic heterocycles. The van der Waals surface area contributed by atoms with Gasteiger partial charge >= 0.3 is 0 Å². The summed E-state index contributed by atoms with van der Waals surface area (Å²) in [6, 6.07) is -0.198. The fourth-order valence-corrected chi connectivity index (χ4v) is 1.43. The summed E-state index contributed by atoms with van der Waals surface area (Å²) in [7, 11) is 0. The van der Waals surface area contributed by atoms with Crippen molar-refractivity contribution in [3.8, 4) is 0 Å². The number of nitrogens with zero attached hydrogens (tertiary/aromatic N) is 2. The van der Waals surface area contributed by atoms with Gasteiger partial charge in [-0.2, -0.15) is 0 Å². The molecule has 0 amide bonds. The number of hydrogen-bond donors (Lipinski definition) is 2. The van der Waals surface area contributed by atoms with Crippen molar-refractivity contribution in [2.45, 2.75) is 25.9 Å². The lowest BCUT2D eigenvalue weighted by Crippen LogP contribution is -2.22. The number of rotatable bonds is 6. The molecule has 0 saturated heterocycles. The van der Waals surface area contributed by atoms with Crippen molar-refractivity contribution in [1.29, 1.82) is 0 Å². The molecule has 3 N–H and O–H groups in total. The maximum Gasteiger partial charge on any atom is 0.0952 e. The molecule has 1 aromatic rings. The van der Waals surface area contributed by atoms with Gasteiger partial charge in [-0.15, -0.1) is 0 Å². The fraction of sp³-hybridized carbons (Fsp3) is 0.700. The molecule has 86 valence electrons. The van der Waals surface area contributed by atoms with Crippen molar-refractivity contribution in [1.82, 2.24) is 9.55 Å². The van der Waals surface area contributed by atoms with Crippen molar-refractivity contribution in [2.24, 2.45) is 5.73 Å². The molecule has 2 unspecified atom stereocenters. The van der Waals surface area contributed by atoms with E-state index in [0.717, 1.165) is 5.69 Å². The van der Waals surface area contributed by atoms with E-state index in [0.29, 0.717) is 13.2 Å². The first-order chi connectivity index (χ1) is 7.20. The van der Waals surface area contributed by atoms with Crippen LogP contribution in [0.2, 0.25) is 0 Å². The molecule has 1 aromatic heterocycles. The summed E-state index contributed by atoms with van der Waals surface area (Å²) in [4.78, 5) is 4.04. The van der Waals surface area contributed by atoms with Gasteiger partial charge in [0.15, 0.2) is 0 Å². The van der Waals surface area contributed by atoms with E-state index < -0.39 is 0 Å². The third-order valence-corrected chi connectivity index (χ3v) is 2.31. The van der Waals surface area contributed by atoms with Gasteiger partial charge in [0.05, 0.1) is 37.3 Å². The van der Waals surface area contributed by atoms with Crippen LogP contribution in [0.25, 0.3) is 0 Å². The second kappa shape index (κ2) is 5.85. The van der Waals surface area contributed by atoms with Gasteiger partial charge in [0.1, 0.15) is 0 Å². The quantitative estimate of drug-likeness (QED) is 0.720. The Morgan fingerprint density at radius 3 is 3.00 bits per heavy atom. The standard InChI is InChI=1S/C10H19N3O2/c1-3-15-6-8(2)13-7-12-4-10(13)9(11)5-14/h4,7-9,14H,3,5-6,11H2,1-2H3. The Morgan fingerprint density at radius 1 is 1.67 bits per heavy atom. The largest absolute Gasteiger partial charge is 0.394 e. The fourth-order valence-electron chi connectivity index (χ4n) is 1.43. The molecule has 0 bridgehead atoms. The molecular weight excluding hydrogens is 194 g/mol. The number of nitrogens with two attached hydrogens (primary N) is 1. The molecule has 0 fully saturated rings. The van der Waals surface area contributed by atoms with Gasteiger partial charge in [-0.05, 0) is 13.8 Å². The number of aromatic nitrogens is 2. The minimum absolute atomic E-state index is 0.0763. The molecule has 0 aliphatic carbocycles. The highest BCUT2D eigenvalue weighted by molar-refractivity contribution is 5.05. The highest BCUT2D eigenvalue weighted by Gasteiger charge is 2.14. The minimum atomic E-state index is -0.378. The monoisotopic (exact) mass is 213 g/mol. The van der Waals surface area contributed by atoms with Crippen LogP contribution in [0.5, 0.6) is 0 Å². The number of aliphatic hydroxyl groups excluding tert-OH is 1. The van der Waals surface area contributed by atoms with E-state index in [1.807, 2.05) is 18.4 Å². The molecule has 0 aromatic carbocycles. The van der Waals surface area contributed by atoms with Crippen LogP contribution in [0.1, 0.15) is 31.6 Å². The van der Waals surface area contributed by atoms with Crippen molar-refractivity contribution < 1.29 is 9.84 Å². The van der Waals surface area contributed by atoms with Crippen molar-refractivity contribution in [3.05, 3.63) is 18.2 Å². The van der Waals surface area contributed by atoms with Crippen LogP contribution in [-0.2, 0) is 4.74 Å². The van der Waals surface area contributed by atoms with E-state index in [-0.39, 0.29) is 18.7 Å². The molecule has 0 radical (unpaired) electrons. The van der Waals surface area contributed by atoms with E-state index in [2.05, 4.69) is 4.98 Å². The van der Waals surface area contributed by atoms with Crippen LogP contribution >= 0.6 is 0 Å². The third kappa shape index (κ3) is 3.02. The molecule has 15 heavy (non-hydrogen) atoms. The van der Waals surface area contributed by atoms with Crippen LogP contribution in [0.3, 0.4) is 0 Å². The SMILES string of the molecule is CCOCC(C)n1cncc1C(N)CO. The summed E-state index contributed by atoms with van der Waals surface area (Å²) >= 11 is 0. The predicted octanol–water partition coefficient (Wildman–Crippen LogP) is 0.473. The molecule has 0 spiro atoms. The number of imidazole rings is 1. The average molecular weight is 213 g/mol. The van der Waals surface area contributed by atoms with Gasteiger partial charge in [-0.1, -0.05) is 0 Å². The van der Waals surface area contributed by atoms with Crippen molar-refractivity contribution >= 4 is 0 Å². The van der Waals surface area contributed by atoms with E-state index in [4.69, 9.17) is 15.6 Å². The maximum absolute atomic E-state index is 8.99. The second-order valence-corrected chi connectivity index (χ2v) is 3.52. The molecule has 0 saturated carbocycles. The molecule has 2 atom stereocenters. The predicted molar refractivity (Wildman–Crippen MR) is 57.4 cm³/mol. The van der Waals surface area contributed by atoms with Crippen LogP contribution in [-0.4, -0.2) is 34.5 Å². The topological polar surface area (TPSA) is 73.3 Å². The highest BCUT2D eigenvalue weighted by atomic mass is 16.5. The minimum Gasteiger partial charge on any atom is -0.394 e. The highest BCUT2D eigenvalue weighted by Crippen LogP contribution is 2.15. The van der Waals surface area contributed by atoms with Gasteiger partial charge in [-0.25, -0.2) is 4.98 Å². The molecular formula is C10H19N3O2. The van der Waals surface area contributed by atoms with E-state index >= 15 is 0 Å². The maximum atomic E-state index is 8.99. The lowest BCUT2D eigenvalue weighted by Gasteiger charge is -2.18. The van der Waals surface area contributed by atoms with Gasteiger partial charge in [-0.3, -0.25) is 0 Å². The Bertz CT molecular complexity index is 288. The molecule has 1 heterocycles. The van der Waals surface area contributed by atoms with E-state index in [9.17, 15) is 0 Å². The van der Waals surface area contributed by atoms with Gasteiger partial charge in [0.25, 0.3) is 0 Å². The first-order valence-electron chi connectivity index (χ1n) is 5.16. The normalized spacial score (nSPS) is 15.2. The van der Waals surface area contributed by atoms with Crippen molar-refractivity contribution in [2.75, 3.05) is 19.8 Å². The van der Waals surface area contributed by atoms with E-state index in [1.54, 1.807) is 12.5 Å². The van der Waals surface area contributed by atoms with Crippen LogP contribution < -0.4 is 5.73 Å².